The first-order valence-electron chi connectivity index (χ1n) is 35.8. The van der Waals surface area contributed by atoms with E-state index in [0.717, 1.165) is 188 Å². The predicted octanol–water partition coefficient (Wildman–Crippen LogP) is 26.3. The van der Waals surface area contributed by atoms with E-state index in [1.54, 1.807) is 6.33 Å². The molecule has 0 unspecified atom stereocenters. The lowest BCUT2D eigenvalue weighted by Gasteiger charge is -2.30. The van der Waals surface area contributed by atoms with Gasteiger partial charge in [-0.3, -0.25) is 4.98 Å². The van der Waals surface area contributed by atoms with Gasteiger partial charge in [-0.05, 0) is 177 Å². The fourth-order valence-electron chi connectivity index (χ4n) is 16.7. The second kappa shape index (κ2) is 23.5. The van der Waals surface area contributed by atoms with E-state index in [9.17, 15) is 0 Å². The molecular weight excluding hydrogens is 1280 g/mol. The summed E-state index contributed by atoms with van der Waals surface area (Å²) < 4.78 is 21.6. The molecule has 8 nitrogen and oxygen atoms in total. The van der Waals surface area contributed by atoms with Crippen molar-refractivity contribution < 1.29 is 13.3 Å². The van der Waals surface area contributed by atoms with Crippen LogP contribution >= 0.6 is 0 Å². The maximum Gasteiger partial charge on any atom is 0.163 e. The molecule has 0 saturated heterocycles. The van der Waals surface area contributed by atoms with E-state index < -0.39 is 0 Å². The number of furan rings is 3. The molecule has 0 saturated carbocycles. The standard InChI is InChI=1S/C97H63N5O3/c1-97(2,3)82-34-11-9-28-77(82)96-100-56-99-95(101-96)66-49-80-79-48-65(59-40-38-58(39-41-59)62-24-14-26-64(46-62)73-32-17-37-85-89(73)78-29-10-12-36-84(78)103-85)50-87-92(79)93-76(43-42-74(94(93)105-87)68-47-67(54-98-55-68)72-30-15-22-60-21-7-8-27-70(60)72)81-52-69(53-88-91(81)90(80)86(51-66)104-88)102-44-18-33-75-71(31-16-35-83(75)102)63-25-13-23-61(45-63)57-19-5-4-6-20-57/h4-43,45-56H,44H2,1-3H3. The number of pyridine rings is 1. The molecule has 6 heterocycles. The lowest BCUT2D eigenvalue weighted by molar-refractivity contribution is 0.591. The first-order chi connectivity index (χ1) is 51.7. The van der Waals surface area contributed by atoms with Gasteiger partial charge in [0.15, 0.2) is 11.6 Å². The minimum Gasteiger partial charge on any atom is -0.456 e. The summed E-state index contributed by atoms with van der Waals surface area (Å²) in [6.07, 6.45) is 10.2. The quantitative estimate of drug-likeness (QED) is 0.134. The molecule has 1 aliphatic rings. The number of hydrogen-bond donors (Lipinski definition) is 0. The van der Waals surface area contributed by atoms with Crippen LogP contribution in [0.1, 0.15) is 31.9 Å². The van der Waals surface area contributed by atoms with Gasteiger partial charge in [-0.2, -0.15) is 0 Å². The Morgan fingerprint density at radius 1 is 0.333 bits per heavy atom. The van der Waals surface area contributed by atoms with Crippen LogP contribution in [0.4, 0.5) is 11.4 Å². The fourth-order valence-corrected chi connectivity index (χ4v) is 16.7. The van der Waals surface area contributed by atoms with Gasteiger partial charge in [0.1, 0.15) is 39.8 Å². The smallest absolute Gasteiger partial charge is 0.163 e. The number of nitrogens with zero attached hydrogens (tertiary/aromatic N) is 5. The Morgan fingerprint density at radius 2 is 0.895 bits per heavy atom. The van der Waals surface area contributed by atoms with Crippen molar-refractivity contribution in [1.82, 2.24) is 19.9 Å². The molecule has 494 valence electrons. The average Bonchev–Trinajstić information content (AvgIpc) is 1.56. The van der Waals surface area contributed by atoms with Crippen LogP contribution < -0.4 is 4.90 Å². The van der Waals surface area contributed by atoms with Crippen LogP contribution in [0.3, 0.4) is 0 Å². The second-order valence-corrected chi connectivity index (χ2v) is 28.8. The van der Waals surface area contributed by atoms with E-state index in [1.165, 1.54) is 16.5 Å². The van der Waals surface area contributed by atoms with Gasteiger partial charge in [0.05, 0.1) is 0 Å². The Hall–Kier alpha value is -13.6. The van der Waals surface area contributed by atoms with Crippen molar-refractivity contribution in [1.29, 1.82) is 0 Å². The van der Waals surface area contributed by atoms with Crippen LogP contribution in [-0.2, 0) is 5.41 Å². The summed E-state index contributed by atoms with van der Waals surface area (Å²) in [7, 11) is 0. The van der Waals surface area contributed by atoms with Crippen molar-refractivity contribution in [3.05, 3.63) is 321 Å². The normalized spacial score (nSPS) is 12.6. The van der Waals surface area contributed by atoms with Crippen LogP contribution in [0.25, 0.3) is 205 Å². The summed E-state index contributed by atoms with van der Waals surface area (Å²) in [6.45, 7) is 7.33. The second-order valence-electron chi connectivity index (χ2n) is 28.8. The third kappa shape index (κ3) is 9.82. The largest absolute Gasteiger partial charge is 0.456 e. The zero-order chi connectivity index (χ0) is 69.6. The molecule has 0 aliphatic carbocycles. The Labute approximate surface area is 604 Å². The summed E-state index contributed by atoms with van der Waals surface area (Å²) in [4.78, 5) is 22.7. The van der Waals surface area contributed by atoms with Gasteiger partial charge in [-0.1, -0.05) is 239 Å². The van der Waals surface area contributed by atoms with Crippen LogP contribution in [0.2, 0.25) is 0 Å². The molecule has 0 N–H and O–H groups in total. The number of rotatable bonds is 10. The maximum absolute atomic E-state index is 7.69. The number of fused-ring (bicyclic) bond motifs is 7. The van der Waals surface area contributed by atoms with Crippen molar-refractivity contribution in [2.75, 3.05) is 11.4 Å². The monoisotopic (exact) mass is 1350 g/mol. The molecule has 0 amide bonds. The molecule has 0 bridgehead atoms. The van der Waals surface area contributed by atoms with Crippen molar-refractivity contribution in [2.24, 2.45) is 0 Å². The average molecular weight is 1350 g/mol. The Balaban J connectivity index is 0.804. The zero-order valence-corrected chi connectivity index (χ0v) is 57.7. The van der Waals surface area contributed by atoms with Crippen LogP contribution in [0, 0.1) is 0 Å². The summed E-state index contributed by atoms with van der Waals surface area (Å²) in [5.41, 5.74) is 25.9. The third-order valence-corrected chi connectivity index (χ3v) is 21.6. The van der Waals surface area contributed by atoms with E-state index in [-0.39, 0.29) is 5.41 Å². The predicted molar refractivity (Wildman–Crippen MR) is 433 cm³/mol. The van der Waals surface area contributed by atoms with Crippen LogP contribution in [0.5, 0.6) is 0 Å². The summed E-state index contributed by atoms with van der Waals surface area (Å²) >= 11 is 0. The van der Waals surface area contributed by atoms with Crippen molar-refractivity contribution in [3.8, 4) is 101 Å². The zero-order valence-electron chi connectivity index (χ0n) is 57.7. The van der Waals surface area contributed by atoms with Gasteiger partial charge in [0.25, 0.3) is 0 Å². The molecule has 105 heavy (non-hydrogen) atoms. The van der Waals surface area contributed by atoms with Crippen molar-refractivity contribution in [2.45, 2.75) is 26.2 Å². The van der Waals surface area contributed by atoms with Gasteiger partial charge in [-0.25, -0.2) is 15.0 Å². The van der Waals surface area contributed by atoms with Crippen LogP contribution in [0.15, 0.2) is 323 Å². The first kappa shape index (κ1) is 60.2. The van der Waals surface area contributed by atoms with Gasteiger partial charge in [-0.15, -0.1) is 0 Å². The van der Waals surface area contributed by atoms with E-state index in [1.807, 2.05) is 24.5 Å². The summed E-state index contributed by atoms with van der Waals surface area (Å²) in [5.74, 6) is 1.14. The summed E-state index contributed by atoms with van der Waals surface area (Å²) in [6, 6.07) is 103. The van der Waals surface area contributed by atoms with E-state index >= 15 is 0 Å². The highest BCUT2D eigenvalue weighted by molar-refractivity contribution is 6.38. The number of hydrogen-bond acceptors (Lipinski definition) is 8. The highest BCUT2D eigenvalue weighted by Gasteiger charge is 2.29. The molecule has 0 fully saturated rings. The molecule has 20 aromatic rings. The molecule has 5 aromatic heterocycles. The lowest BCUT2D eigenvalue weighted by Crippen LogP contribution is -2.20. The topological polar surface area (TPSA) is 94.2 Å². The van der Waals surface area contributed by atoms with Gasteiger partial charge < -0.3 is 18.2 Å². The Morgan fingerprint density at radius 3 is 1.72 bits per heavy atom. The molecule has 0 spiro atoms. The Bertz CT molecular complexity index is 6990. The fraction of sp³-hybridized carbons (Fsp3) is 0.0515. The van der Waals surface area contributed by atoms with Crippen molar-refractivity contribution >= 4 is 116 Å². The van der Waals surface area contributed by atoms with E-state index in [4.69, 9.17) is 33.2 Å². The van der Waals surface area contributed by atoms with Gasteiger partial charge in [0.2, 0.25) is 0 Å². The minimum atomic E-state index is -0.173. The van der Waals surface area contributed by atoms with E-state index in [2.05, 4.69) is 311 Å². The van der Waals surface area contributed by atoms with E-state index in [0.29, 0.717) is 23.8 Å². The number of benzene rings is 14. The number of para-hydroxylation sites is 1. The first-order valence-corrected chi connectivity index (χ1v) is 35.8. The molecule has 15 aromatic carbocycles. The molecule has 8 heteroatoms. The highest BCUT2D eigenvalue weighted by atomic mass is 16.3. The molecule has 0 atom stereocenters. The van der Waals surface area contributed by atoms with Crippen molar-refractivity contribution in [3.63, 3.8) is 0 Å². The molecule has 21 rings (SSSR count). The van der Waals surface area contributed by atoms with Gasteiger partial charge in [0, 0.05) is 102 Å². The maximum atomic E-state index is 7.69. The lowest BCUT2D eigenvalue weighted by atomic mass is 9.83. The SMILES string of the molecule is CC(C)(C)c1ccccc1-c1ncnc(-c2cc3oc4cc(N5CC=Cc6c(-c7cccc(-c8ccccc8)c7)cccc65)cc5c6ccc(-c7cncc(-c8cccc9ccccc89)c7)c7oc8cc(-c9ccc(-c%10cccc(-c%11cccc%12oc%13ccccc%13c%11%12)c%10)cc9)cc(c(c2)c3c45)c8c76)n1. The minimum absolute atomic E-state index is 0.173. The summed E-state index contributed by atoms with van der Waals surface area (Å²) in [5, 5.41) is 12.6. The van der Waals surface area contributed by atoms with Gasteiger partial charge >= 0.3 is 0 Å². The van der Waals surface area contributed by atoms with Crippen LogP contribution in [-0.4, -0.2) is 26.5 Å². The molecule has 1 aliphatic heterocycles. The highest BCUT2D eigenvalue weighted by Crippen LogP contribution is 2.52. The third-order valence-electron chi connectivity index (χ3n) is 21.6. The Kier molecular flexibility index (Phi) is 13.5. The molecular formula is C97H63N5O3. The number of anilines is 2. The number of aromatic nitrogens is 4. The molecule has 0 radical (unpaired) electrons.